The van der Waals surface area contributed by atoms with Gasteiger partial charge >= 0.3 is 0 Å². The molecule has 0 bridgehead atoms. The molecule has 0 spiro atoms. The van der Waals surface area contributed by atoms with Crippen molar-refractivity contribution in [1.29, 1.82) is 0 Å². The van der Waals surface area contributed by atoms with Gasteiger partial charge in [0.1, 0.15) is 4.90 Å². The van der Waals surface area contributed by atoms with Crippen LogP contribution in [0.3, 0.4) is 0 Å². The molecule has 0 aromatic heterocycles. The first-order valence-corrected chi connectivity index (χ1v) is 6.15. The molecule has 1 nitrogen and oxygen atoms in total. The van der Waals surface area contributed by atoms with E-state index in [2.05, 4.69) is 0 Å². The molecule has 2 aromatic rings. The molecule has 2 rings (SSSR count). The molecule has 0 aliphatic heterocycles. The smallest absolute Gasteiger partial charge is 0.177 e. The molecule has 100 valence electrons. The van der Waals surface area contributed by atoms with Crippen LogP contribution in [0, 0.1) is 30.2 Å². The minimum absolute atomic E-state index is 0.0620. The van der Waals surface area contributed by atoms with Crippen molar-refractivity contribution in [2.24, 2.45) is 5.14 Å². The van der Waals surface area contributed by atoms with E-state index in [0.717, 1.165) is 5.56 Å². The van der Waals surface area contributed by atoms with Gasteiger partial charge in [-0.3, -0.25) is 5.14 Å². The number of hydrogen-bond donors (Lipinski definition) is 1. The Morgan fingerprint density at radius 2 is 1.32 bits per heavy atom. The lowest BCUT2D eigenvalue weighted by Crippen LogP contribution is -2.03. The SMILES string of the molecule is Cc1ccc(-c2c(F)c(F)c(SN)c(F)c2F)cc1. The number of nitrogens with two attached hydrogens (primary N) is 1. The maximum Gasteiger partial charge on any atom is 0.177 e. The summed E-state index contributed by atoms with van der Waals surface area (Å²) in [6.45, 7) is 1.78. The molecular weight excluding hydrogens is 278 g/mol. The van der Waals surface area contributed by atoms with E-state index in [1.807, 2.05) is 0 Å². The van der Waals surface area contributed by atoms with E-state index < -0.39 is 33.7 Å². The van der Waals surface area contributed by atoms with E-state index in [0.29, 0.717) is 0 Å². The fraction of sp³-hybridized carbons (Fsp3) is 0.0769. The Hall–Kier alpha value is -1.53. The summed E-state index contributed by atoms with van der Waals surface area (Å²) in [4.78, 5) is -0.870. The molecule has 0 amide bonds. The zero-order valence-electron chi connectivity index (χ0n) is 9.81. The predicted molar refractivity (Wildman–Crippen MR) is 66.5 cm³/mol. The van der Waals surface area contributed by atoms with Crippen molar-refractivity contribution in [3.8, 4) is 11.1 Å². The highest BCUT2D eigenvalue weighted by atomic mass is 32.2. The molecule has 0 unspecified atom stereocenters. The van der Waals surface area contributed by atoms with Crippen LogP contribution in [0.15, 0.2) is 29.2 Å². The molecule has 0 heterocycles. The summed E-state index contributed by atoms with van der Waals surface area (Å²) in [7, 11) is 0. The number of rotatable bonds is 2. The zero-order chi connectivity index (χ0) is 14.2. The van der Waals surface area contributed by atoms with Crippen molar-refractivity contribution in [3.05, 3.63) is 53.1 Å². The van der Waals surface area contributed by atoms with Crippen LogP contribution in [-0.2, 0) is 0 Å². The number of aryl methyl sites for hydroxylation is 1. The quantitative estimate of drug-likeness (QED) is 0.509. The summed E-state index contributed by atoms with van der Waals surface area (Å²) in [5, 5.41) is 5.00. The first kappa shape index (κ1) is 13.9. The van der Waals surface area contributed by atoms with Gasteiger partial charge in [-0.25, -0.2) is 17.6 Å². The van der Waals surface area contributed by atoms with Crippen LogP contribution in [0.1, 0.15) is 5.56 Å². The molecule has 0 aliphatic carbocycles. The largest absolute Gasteiger partial charge is 0.273 e. The van der Waals surface area contributed by atoms with E-state index >= 15 is 0 Å². The normalized spacial score (nSPS) is 10.8. The highest BCUT2D eigenvalue weighted by Crippen LogP contribution is 2.34. The van der Waals surface area contributed by atoms with E-state index in [1.165, 1.54) is 12.1 Å². The van der Waals surface area contributed by atoms with Gasteiger partial charge < -0.3 is 0 Å². The Morgan fingerprint density at radius 1 is 0.842 bits per heavy atom. The van der Waals surface area contributed by atoms with Gasteiger partial charge in [0.25, 0.3) is 0 Å². The third-order valence-corrected chi connectivity index (χ3v) is 3.28. The van der Waals surface area contributed by atoms with Crippen molar-refractivity contribution in [3.63, 3.8) is 0 Å². The molecule has 0 atom stereocenters. The van der Waals surface area contributed by atoms with Gasteiger partial charge in [0, 0.05) is 0 Å². The summed E-state index contributed by atoms with van der Waals surface area (Å²) < 4.78 is 54.8. The van der Waals surface area contributed by atoms with E-state index in [-0.39, 0.29) is 17.5 Å². The maximum absolute atomic E-state index is 13.8. The Kier molecular flexibility index (Phi) is 3.82. The predicted octanol–water partition coefficient (Wildman–Crippen LogP) is 4.18. The molecule has 0 fully saturated rings. The van der Waals surface area contributed by atoms with Crippen LogP contribution in [0.2, 0.25) is 0 Å². The van der Waals surface area contributed by atoms with Gasteiger partial charge in [0.15, 0.2) is 23.3 Å². The van der Waals surface area contributed by atoms with Gasteiger partial charge in [-0.1, -0.05) is 29.8 Å². The van der Waals surface area contributed by atoms with Crippen LogP contribution in [0.5, 0.6) is 0 Å². The third kappa shape index (κ3) is 2.33. The Labute approximate surface area is 111 Å². The lowest BCUT2D eigenvalue weighted by atomic mass is 10.0. The summed E-state index contributed by atoms with van der Waals surface area (Å²) in [5.41, 5.74) is 0.194. The first-order valence-electron chi connectivity index (χ1n) is 5.27. The topological polar surface area (TPSA) is 26.0 Å². The monoisotopic (exact) mass is 287 g/mol. The fourth-order valence-corrected chi connectivity index (χ4v) is 2.07. The average Bonchev–Trinajstić information content (AvgIpc) is 2.40. The van der Waals surface area contributed by atoms with Crippen molar-refractivity contribution in [1.82, 2.24) is 0 Å². The Bertz CT molecular complexity index is 597. The number of benzene rings is 2. The minimum atomic E-state index is -1.48. The molecule has 6 heteroatoms. The second kappa shape index (κ2) is 5.22. The lowest BCUT2D eigenvalue weighted by molar-refractivity contribution is 0.430. The molecular formula is C13H9F4NS. The molecule has 0 radical (unpaired) electrons. The number of hydrogen-bond acceptors (Lipinski definition) is 2. The van der Waals surface area contributed by atoms with Crippen LogP contribution >= 0.6 is 11.9 Å². The third-order valence-electron chi connectivity index (χ3n) is 2.68. The Morgan fingerprint density at radius 3 is 1.74 bits per heavy atom. The molecule has 0 saturated carbocycles. The summed E-state index contributed by atoms with van der Waals surface area (Å²) in [6.07, 6.45) is 0. The fourth-order valence-electron chi connectivity index (χ4n) is 1.69. The van der Waals surface area contributed by atoms with Crippen molar-refractivity contribution in [2.75, 3.05) is 0 Å². The van der Waals surface area contributed by atoms with Crippen molar-refractivity contribution >= 4 is 11.9 Å². The molecule has 19 heavy (non-hydrogen) atoms. The zero-order valence-corrected chi connectivity index (χ0v) is 10.6. The Balaban J connectivity index is 2.74. The molecule has 2 N–H and O–H groups in total. The maximum atomic E-state index is 13.8. The van der Waals surface area contributed by atoms with Crippen LogP contribution < -0.4 is 5.14 Å². The van der Waals surface area contributed by atoms with E-state index in [4.69, 9.17) is 5.14 Å². The summed E-state index contributed by atoms with van der Waals surface area (Å²) in [5.74, 6) is -5.87. The van der Waals surface area contributed by atoms with Gasteiger partial charge in [0.05, 0.1) is 5.56 Å². The van der Waals surface area contributed by atoms with Crippen LogP contribution in [0.25, 0.3) is 11.1 Å². The minimum Gasteiger partial charge on any atom is -0.273 e. The van der Waals surface area contributed by atoms with Gasteiger partial charge in [-0.15, -0.1) is 0 Å². The van der Waals surface area contributed by atoms with Crippen molar-refractivity contribution in [2.45, 2.75) is 11.8 Å². The van der Waals surface area contributed by atoms with Crippen LogP contribution in [-0.4, -0.2) is 0 Å². The second-order valence-corrected chi connectivity index (χ2v) is 4.59. The van der Waals surface area contributed by atoms with Crippen molar-refractivity contribution < 1.29 is 17.6 Å². The second-order valence-electron chi connectivity index (χ2n) is 3.94. The van der Waals surface area contributed by atoms with Gasteiger partial charge in [-0.2, -0.15) is 0 Å². The summed E-state index contributed by atoms with van der Waals surface area (Å²) in [6, 6.07) is 5.97. The van der Waals surface area contributed by atoms with Gasteiger partial charge in [0.2, 0.25) is 0 Å². The van der Waals surface area contributed by atoms with E-state index in [1.54, 1.807) is 19.1 Å². The highest BCUT2D eigenvalue weighted by molar-refractivity contribution is 7.97. The molecule has 2 aromatic carbocycles. The van der Waals surface area contributed by atoms with Crippen LogP contribution in [0.4, 0.5) is 17.6 Å². The molecule has 0 aliphatic rings. The highest BCUT2D eigenvalue weighted by Gasteiger charge is 2.25. The molecule has 0 saturated heterocycles. The summed E-state index contributed by atoms with van der Waals surface area (Å²) >= 11 is 0.127. The van der Waals surface area contributed by atoms with E-state index in [9.17, 15) is 17.6 Å². The average molecular weight is 287 g/mol. The van der Waals surface area contributed by atoms with Gasteiger partial charge in [-0.05, 0) is 24.4 Å². The standard InChI is InChI=1S/C13H9F4NS/c1-6-2-4-7(5-3-6)8-9(14)11(16)13(19-18)12(17)10(8)15/h2-5H,18H2,1H3. The number of halogens is 4. The lowest BCUT2D eigenvalue weighted by Gasteiger charge is -2.10. The first-order chi connectivity index (χ1) is 8.97.